The van der Waals surface area contributed by atoms with Crippen LogP contribution in [0.3, 0.4) is 0 Å². The van der Waals surface area contributed by atoms with E-state index in [1.807, 2.05) is 29.5 Å². The van der Waals surface area contributed by atoms with Crippen molar-refractivity contribution in [3.05, 3.63) is 200 Å². The van der Waals surface area contributed by atoms with Crippen molar-refractivity contribution in [1.82, 2.24) is 24.1 Å². The number of para-hydroxylation sites is 4. The standard InChI is InChI=1S/C55H33N5S/c1-4-16-34(17-5-1)53-56-54(35-28-31-47-43(32-35)38-22-10-13-25-45(38)59(47)36-18-6-2-7-19-36)58-55(57-53)44-33-48-50(42-24-11-14-26-46(42)60(48)37-20-8-3-9-21-37)51-40(44)29-30-41-39-23-12-15-27-49(39)61-52(41)51/h1-33H. The summed E-state index contributed by atoms with van der Waals surface area (Å²) in [5.74, 6) is 1.89. The van der Waals surface area contributed by atoms with Crippen LogP contribution in [-0.2, 0) is 0 Å². The van der Waals surface area contributed by atoms with Crippen molar-refractivity contribution in [3.8, 4) is 45.5 Å². The van der Waals surface area contributed by atoms with Gasteiger partial charge in [-0.25, -0.2) is 15.0 Å². The van der Waals surface area contributed by atoms with Gasteiger partial charge in [0.05, 0.1) is 22.1 Å². The van der Waals surface area contributed by atoms with Gasteiger partial charge in [-0.3, -0.25) is 0 Å². The molecular weight excluding hydrogens is 763 g/mol. The van der Waals surface area contributed by atoms with Crippen LogP contribution in [0.25, 0.3) is 120 Å². The van der Waals surface area contributed by atoms with Gasteiger partial charge in [-0.1, -0.05) is 133 Å². The summed E-state index contributed by atoms with van der Waals surface area (Å²) < 4.78 is 7.27. The molecule has 0 saturated carbocycles. The fourth-order valence-electron chi connectivity index (χ4n) is 9.48. The maximum absolute atomic E-state index is 5.45. The highest BCUT2D eigenvalue weighted by Gasteiger charge is 2.23. The third kappa shape index (κ3) is 5.16. The topological polar surface area (TPSA) is 48.5 Å². The molecule has 13 aromatic rings. The second kappa shape index (κ2) is 13.3. The molecule has 0 saturated heterocycles. The summed E-state index contributed by atoms with van der Waals surface area (Å²) in [6, 6.07) is 71.2. The average molecular weight is 796 g/mol. The van der Waals surface area contributed by atoms with E-state index in [0.717, 1.165) is 60.9 Å². The normalized spacial score (nSPS) is 11.9. The number of thiophene rings is 1. The number of fused-ring (bicyclic) bond motifs is 12. The van der Waals surface area contributed by atoms with Crippen molar-refractivity contribution in [2.45, 2.75) is 0 Å². The molecule has 0 fully saturated rings. The molecule has 0 aliphatic rings. The number of benzene rings is 9. The summed E-state index contributed by atoms with van der Waals surface area (Å²) in [5.41, 5.74) is 9.61. The molecule has 0 unspecified atom stereocenters. The lowest BCUT2D eigenvalue weighted by atomic mass is 9.96. The highest BCUT2D eigenvalue weighted by Crippen LogP contribution is 2.47. The summed E-state index contributed by atoms with van der Waals surface area (Å²) in [7, 11) is 0. The van der Waals surface area contributed by atoms with E-state index in [9.17, 15) is 0 Å². The molecule has 0 aliphatic heterocycles. The van der Waals surface area contributed by atoms with Crippen molar-refractivity contribution in [2.24, 2.45) is 0 Å². The van der Waals surface area contributed by atoms with Gasteiger partial charge in [-0.15, -0.1) is 11.3 Å². The van der Waals surface area contributed by atoms with Crippen LogP contribution in [-0.4, -0.2) is 24.1 Å². The van der Waals surface area contributed by atoms with E-state index in [-0.39, 0.29) is 0 Å². The van der Waals surface area contributed by atoms with Crippen molar-refractivity contribution in [1.29, 1.82) is 0 Å². The molecule has 0 bridgehead atoms. The highest BCUT2D eigenvalue weighted by molar-refractivity contribution is 7.26. The van der Waals surface area contributed by atoms with Crippen LogP contribution >= 0.6 is 11.3 Å². The van der Waals surface area contributed by atoms with E-state index in [2.05, 4.69) is 191 Å². The lowest BCUT2D eigenvalue weighted by molar-refractivity contribution is 1.08. The number of nitrogens with zero attached hydrogens (tertiary/aromatic N) is 5. The minimum atomic E-state index is 0.627. The lowest BCUT2D eigenvalue weighted by Gasteiger charge is -2.14. The summed E-state index contributed by atoms with van der Waals surface area (Å²) in [5, 5.41) is 9.63. The van der Waals surface area contributed by atoms with Crippen LogP contribution < -0.4 is 0 Å². The Labute approximate surface area is 354 Å². The zero-order valence-corrected chi connectivity index (χ0v) is 33.5. The quantitative estimate of drug-likeness (QED) is 0.174. The first kappa shape index (κ1) is 34.0. The highest BCUT2D eigenvalue weighted by atomic mass is 32.1. The number of aromatic nitrogens is 5. The Morgan fingerprint density at radius 1 is 0.328 bits per heavy atom. The molecule has 284 valence electrons. The summed E-state index contributed by atoms with van der Waals surface area (Å²) in [6.45, 7) is 0. The third-order valence-corrected chi connectivity index (χ3v) is 13.4. The van der Waals surface area contributed by atoms with Crippen LogP contribution in [0, 0.1) is 0 Å². The van der Waals surface area contributed by atoms with Gasteiger partial charge in [0.1, 0.15) is 0 Å². The summed E-state index contributed by atoms with van der Waals surface area (Å²) in [4.78, 5) is 16.1. The molecule has 4 heterocycles. The van der Waals surface area contributed by atoms with Gasteiger partial charge < -0.3 is 9.13 Å². The maximum atomic E-state index is 5.45. The number of hydrogen-bond donors (Lipinski definition) is 0. The first-order valence-electron chi connectivity index (χ1n) is 20.5. The Bertz CT molecular complexity index is 3860. The van der Waals surface area contributed by atoms with Crippen LogP contribution in [0.1, 0.15) is 0 Å². The van der Waals surface area contributed by atoms with Gasteiger partial charge in [0.15, 0.2) is 17.5 Å². The summed E-state index contributed by atoms with van der Waals surface area (Å²) in [6.07, 6.45) is 0. The van der Waals surface area contributed by atoms with E-state index >= 15 is 0 Å². The molecule has 13 rings (SSSR count). The molecule has 0 spiro atoms. The molecule has 0 N–H and O–H groups in total. The Balaban J connectivity index is 1.14. The van der Waals surface area contributed by atoms with Gasteiger partial charge in [-0.05, 0) is 72.1 Å². The third-order valence-electron chi connectivity index (χ3n) is 12.1. The largest absolute Gasteiger partial charge is 0.309 e. The molecule has 6 heteroatoms. The molecule has 5 nitrogen and oxygen atoms in total. The molecule has 0 atom stereocenters. The van der Waals surface area contributed by atoms with Gasteiger partial charge in [-0.2, -0.15) is 0 Å². The molecular formula is C55H33N5S. The summed E-state index contributed by atoms with van der Waals surface area (Å²) >= 11 is 1.86. The fraction of sp³-hybridized carbons (Fsp3) is 0. The van der Waals surface area contributed by atoms with E-state index < -0.39 is 0 Å². The van der Waals surface area contributed by atoms with E-state index in [1.54, 1.807) is 0 Å². The second-order valence-corrected chi connectivity index (χ2v) is 16.6. The molecule has 4 aromatic heterocycles. The predicted octanol–water partition coefficient (Wildman–Crippen LogP) is 14.6. The Kier molecular flexibility index (Phi) is 7.41. The molecule has 0 amide bonds. The van der Waals surface area contributed by atoms with E-state index in [4.69, 9.17) is 15.0 Å². The zero-order valence-electron chi connectivity index (χ0n) is 32.7. The second-order valence-electron chi connectivity index (χ2n) is 15.6. The zero-order chi connectivity index (χ0) is 40.0. The fourth-order valence-corrected chi connectivity index (χ4v) is 10.7. The van der Waals surface area contributed by atoms with Crippen LogP contribution in [0.2, 0.25) is 0 Å². The van der Waals surface area contributed by atoms with Gasteiger partial charge in [0, 0.05) is 75.2 Å². The van der Waals surface area contributed by atoms with Crippen molar-refractivity contribution < 1.29 is 0 Å². The van der Waals surface area contributed by atoms with Crippen molar-refractivity contribution >= 4 is 85.9 Å². The van der Waals surface area contributed by atoms with Gasteiger partial charge in [0.2, 0.25) is 0 Å². The Morgan fingerprint density at radius 3 is 1.61 bits per heavy atom. The molecule has 0 aliphatic carbocycles. The number of rotatable bonds is 5. The maximum Gasteiger partial charge on any atom is 0.164 e. The van der Waals surface area contributed by atoms with Crippen LogP contribution in [0.4, 0.5) is 0 Å². The van der Waals surface area contributed by atoms with Crippen LogP contribution in [0.5, 0.6) is 0 Å². The molecule has 61 heavy (non-hydrogen) atoms. The first-order valence-corrected chi connectivity index (χ1v) is 21.3. The van der Waals surface area contributed by atoms with E-state index in [0.29, 0.717) is 17.5 Å². The van der Waals surface area contributed by atoms with Crippen molar-refractivity contribution in [3.63, 3.8) is 0 Å². The van der Waals surface area contributed by atoms with Gasteiger partial charge >= 0.3 is 0 Å². The molecule has 0 radical (unpaired) electrons. The van der Waals surface area contributed by atoms with Crippen LogP contribution in [0.15, 0.2) is 200 Å². The minimum Gasteiger partial charge on any atom is -0.309 e. The first-order chi connectivity index (χ1) is 30.3. The predicted molar refractivity (Wildman–Crippen MR) is 255 cm³/mol. The Hall–Kier alpha value is -7.93. The smallest absolute Gasteiger partial charge is 0.164 e. The Morgan fingerprint density at radius 2 is 0.869 bits per heavy atom. The lowest BCUT2D eigenvalue weighted by Crippen LogP contribution is -2.01. The number of hydrogen-bond acceptors (Lipinski definition) is 4. The minimum absolute atomic E-state index is 0.627. The van der Waals surface area contributed by atoms with Gasteiger partial charge in [0.25, 0.3) is 0 Å². The van der Waals surface area contributed by atoms with E-state index in [1.165, 1.54) is 41.7 Å². The SMILES string of the molecule is c1ccc(-c2nc(-c3ccc4c(c3)c3ccccc3n4-c3ccccc3)nc(-c3cc4c(c5ccccc5n4-c4ccccc4)c4c3ccc3c5ccccc5sc34)n2)cc1. The molecule has 9 aromatic carbocycles. The van der Waals surface area contributed by atoms with Crippen molar-refractivity contribution in [2.75, 3.05) is 0 Å². The average Bonchev–Trinajstić information content (AvgIpc) is 3.99. The monoisotopic (exact) mass is 795 g/mol.